The van der Waals surface area contributed by atoms with Crippen molar-refractivity contribution in [1.82, 2.24) is 0 Å². The van der Waals surface area contributed by atoms with E-state index in [0.29, 0.717) is 12.0 Å². The zero-order chi connectivity index (χ0) is 10.6. The van der Waals surface area contributed by atoms with Gasteiger partial charge in [-0.15, -0.1) is 0 Å². The summed E-state index contributed by atoms with van der Waals surface area (Å²) < 4.78 is 13.3. The van der Waals surface area contributed by atoms with Crippen molar-refractivity contribution in [3.63, 3.8) is 0 Å². The molecule has 0 bridgehead atoms. The van der Waals surface area contributed by atoms with Gasteiger partial charge in [0.1, 0.15) is 5.82 Å². The van der Waals surface area contributed by atoms with Crippen LogP contribution in [0.4, 0.5) is 4.39 Å². The van der Waals surface area contributed by atoms with E-state index in [-0.39, 0.29) is 11.6 Å². The Hall–Kier alpha value is -1.18. The molecule has 74 valence electrons. The summed E-state index contributed by atoms with van der Waals surface area (Å²) in [5.74, 6) is -0.395. The van der Waals surface area contributed by atoms with Crippen molar-refractivity contribution < 1.29 is 9.18 Å². The fraction of sp³-hybridized carbons (Fsp3) is 0.300. The molecule has 1 rings (SSSR count). The van der Waals surface area contributed by atoms with Crippen LogP contribution in [0.5, 0.6) is 0 Å². The third kappa shape index (κ3) is 2.41. The second-order valence-electron chi connectivity index (χ2n) is 2.81. The monoisotopic (exact) mass is 213 g/mol. The van der Waals surface area contributed by atoms with Gasteiger partial charge in [-0.3, -0.25) is 0 Å². The maximum Gasteiger partial charge on any atom is 0.235 e. The van der Waals surface area contributed by atoms with Gasteiger partial charge in [0.05, 0.1) is 11.6 Å². The highest BCUT2D eigenvalue weighted by Crippen LogP contribution is 2.21. The lowest BCUT2D eigenvalue weighted by atomic mass is 10.1. The smallest absolute Gasteiger partial charge is 0.211 e. The summed E-state index contributed by atoms with van der Waals surface area (Å²) in [6, 6.07) is 3.12. The molecule has 0 spiro atoms. The highest BCUT2D eigenvalue weighted by atomic mass is 35.5. The van der Waals surface area contributed by atoms with Crippen molar-refractivity contribution in [2.45, 2.75) is 19.9 Å². The second kappa shape index (κ2) is 4.89. The minimum atomic E-state index is -0.395. The van der Waals surface area contributed by atoms with E-state index in [0.717, 1.165) is 5.56 Å². The van der Waals surface area contributed by atoms with E-state index in [1.165, 1.54) is 12.1 Å². The van der Waals surface area contributed by atoms with Crippen molar-refractivity contribution in [3.05, 3.63) is 34.1 Å². The number of halogens is 2. The minimum Gasteiger partial charge on any atom is -0.211 e. The first-order valence-corrected chi connectivity index (χ1v) is 4.57. The number of aryl methyl sites for hydroxylation is 1. The van der Waals surface area contributed by atoms with Crippen molar-refractivity contribution in [2.24, 2.45) is 4.99 Å². The Balaban J connectivity index is 3.09. The fourth-order valence-electron chi connectivity index (χ4n) is 1.18. The summed E-state index contributed by atoms with van der Waals surface area (Å²) in [6.45, 7) is 2.03. The molecule has 0 heterocycles. The van der Waals surface area contributed by atoms with E-state index in [4.69, 9.17) is 11.6 Å². The summed E-state index contributed by atoms with van der Waals surface area (Å²) in [6.07, 6.45) is 1.99. The lowest BCUT2D eigenvalue weighted by molar-refractivity contribution is 0.562. The number of hydrogen-bond acceptors (Lipinski definition) is 2. The Kier molecular flexibility index (Phi) is 3.81. The Morgan fingerprint density at radius 2 is 2.29 bits per heavy atom. The third-order valence-corrected chi connectivity index (χ3v) is 2.15. The van der Waals surface area contributed by atoms with Gasteiger partial charge >= 0.3 is 0 Å². The molecule has 0 atom stereocenters. The van der Waals surface area contributed by atoms with Crippen LogP contribution in [0.2, 0.25) is 5.02 Å². The number of nitrogens with zero attached hydrogens (tertiary/aromatic N) is 1. The largest absolute Gasteiger partial charge is 0.235 e. The van der Waals surface area contributed by atoms with Crippen LogP contribution in [0.15, 0.2) is 17.1 Å². The van der Waals surface area contributed by atoms with E-state index >= 15 is 0 Å². The van der Waals surface area contributed by atoms with Crippen LogP contribution >= 0.6 is 11.6 Å². The number of rotatable bonds is 3. The van der Waals surface area contributed by atoms with Crippen LogP contribution in [0.1, 0.15) is 18.1 Å². The Bertz CT molecular complexity index is 386. The first-order valence-electron chi connectivity index (χ1n) is 4.19. The molecular weight excluding hydrogens is 205 g/mol. The zero-order valence-corrected chi connectivity index (χ0v) is 8.44. The molecule has 0 saturated carbocycles. The van der Waals surface area contributed by atoms with Gasteiger partial charge in [-0.25, -0.2) is 14.2 Å². The summed E-state index contributed by atoms with van der Waals surface area (Å²) in [4.78, 5) is 13.3. The van der Waals surface area contributed by atoms with E-state index in [9.17, 15) is 9.18 Å². The highest BCUT2D eigenvalue weighted by molar-refractivity contribution is 6.30. The predicted molar refractivity (Wildman–Crippen MR) is 52.6 cm³/mol. The summed E-state index contributed by atoms with van der Waals surface area (Å²) in [5.41, 5.74) is 1.25. The molecule has 1 aromatic carbocycles. The van der Waals surface area contributed by atoms with Gasteiger partial charge in [0.25, 0.3) is 0 Å². The Morgan fingerprint density at radius 1 is 1.57 bits per heavy atom. The summed E-state index contributed by atoms with van der Waals surface area (Å²) in [5, 5.41) is 0.0699. The van der Waals surface area contributed by atoms with Crippen LogP contribution in [0, 0.1) is 5.82 Å². The highest BCUT2D eigenvalue weighted by Gasteiger charge is 2.07. The summed E-state index contributed by atoms with van der Waals surface area (Å²) in [7, 11) is 0. The van der Waals surface area contributed by atoms with Gasteiger partial charge in [0.15, 0.2) is 0 Å². The lowest BCUT2D eigenvalue weighted by Crippen LogP contribution is -1.92. The molecule has 14 heavy (non-hydrogen) atoms. The van der Waals surface area contributed by atoms with Crippen molar-refractivity contribution in [2.75, 3.05) is 0 Å². The van der Waals surface area contributed by atoms with E-state index in [1.54, 1.807) is 6.07 Å². The molecule has 2 nitrogen and oxygen atoms in total. The van der Waals surface area contributed by atoms with Crippen molar-refractivity contribution in [1.29, 1.82) is 0 Å². The molecule has 4 heteroatoms. The molecule has 0 N–H and O–H groups in total. The Labute approximate surface area is 86.4 Å². The SMILES string of the molecule is CCc1cc(CN=C=O)cc(Cl)c1F. The first kappa shape index (κ1) is 10.9. The number of benzene rings is 1. The van der Waals surface area contributed by atoms with Gasteiger partial charge in [-0.1, -0.05) is 24.6 Å². The maximum absolute atomic E-state index is 13.3. The van der Waals surface area contributed by atoms with Gasteiger partial charge in [-0.05, 0) is 23.6 Å². The second-order valence-corrected chi connectivity index (χ2v) is 3.22. The maximum atomic E-state index is 13.3. The molecule has 0 unspecified atom stereocenters. The number of isocyanates is 1. The van der Waals surface area contributed by atoms with Gasteiger partial charge in [0.2, 0.25) is 6.08 Å². The van der Waals surface area contributed by atoms with Crippen LogP contribution in [-0.4, -0.2) is 6.08 Å². The molecule has 0 aliphatic heterocycles. The molecule has 0 fully saturated rings. The zero-order valence-electron chi connectivity index (χ0n) is 7.68. The molecule has 0 saturated heterocycles. The summed E-state index contributed by atoms with van der Waals surface area (Å²) >= 11 is 5.66. The van der Waals surface area contributed by atoms with Crippen LogP contribution in [0.25, 0.3) is 0 Å². The van der Waals surface area contributed by atoms with Crippen LogP contribution in [0.3, 0.4) is 0 Å². The quantitative estimate of drug-likeness (QED) is 0.561. The van der Waals surface area contributed by atoms with Crippen LogP contribution < -0.4 is 0 Å². The predicted octanol–water partition coefficient (Wildman–Crippen LogP) is 2.88. The first-order chi connectivity index (χ1) is 6.69. The standard InChI is InChI=1S/C10H9ClFNO/c1-2-8-3-7(5-13-6-14)4-9(11)10(8)12/h3-4H,2,5H2,1H3. The molecule has 0 aliphatic carbocycles. The number of carbonyl (C=O) groups excluding carboxylic acids is 1. The topological polar surface area (TPSA) is 29.4 Å². The van der Waals surface area contributed by atoms with Crippen molar-refractivity contribution >= 4 is 17.7 Å². The van der Waals surface area contributed by atoms with Crippen molar-refractivity contribution in [3.8, 4) is 0 Å². The van der Waals surface area contributed by atoms with Crippen LogP contribution in [-0.2, 0) is 17.8 Å². The Morgan fingerprint density at radius 3 is 2.86 bits per heavy atom. The molecule has 1 aromatic rings. The van der Waals surface area contributed by atoms with Gasteiger partial charge in [-0.2, -0.15) is 0 Å². The molecule has 0 aliphatic rings. The fourth-order valence-corrected chi connectivity index (χ4v) is 1.44. The van der Waals surface area contributed by atoms with E-state index in [2.05, 4.69) is 4.99 Å². The molecular formula is C10H9ClFNO. The van der Waals surface area contributed by atoms with Gasteiger partial charge in [0, 0.05) is 0 Å². The average molecular weight is 214 g/mol. The normalized spacial score (nSPS) is 9.64. The molecule has 0 radical (unpaired) electrons. The minimum absolute atomic E-state index is 0.0699. The molecule has 0 amide bonds. The van der Waals surface area contributed by atoms with E-state index in [1.807, 2.05) is 6.92 Å². The average Bonchev–Trinajstić information content (AvgIpc) is 2.19. The third-order valence-electron chi connectivity index (χ3n) is 1.87. The lowest BCUT2D eigenvalue weighted by Gasteiger charge is -2.04. The molecule has 0 aromatic heterocycles. The number of hydrogen-bond donors (Lipinski definition) is 0. The van der Waals surface area contributed by atoms with E-state index < -0.39 is 5.82 Å². The van der Waals surface area contributed by atoms with Gasteiger partial charge < -0.3 is 0 Å². The number of aliphatic imine (C=N–C) groups is 1.